The third-order valence-corrected chi connectivity index (χ3v) is 2.92. The van der Waals surface area contributed by atoms with Gasteiger partial charge in [-0.2, -0.15) is 0 Å². The molecule has 0 atom stereocenters. The summed E-state index contributed by atoms with van der Waals surface area (Å²) in [6.07, 6.45) is 0. The van der Waals surface area contributed by atoms with E-state index < -0.39 is 11.7 Å². The standard InChI is InChI=1S/C12H11ClN2O3/c1-2-14-9(16)6-15-10-7(11(17)12(15)18)4-3-5-8(10)13/h3-5H,2,6H2,1H3,(H,14,16). The van der Waals surface area contributed by atoms with Gasteiger partial charge in [0.2, 0.25) is 5.91 Å². The van der Waals surface area contributed by atoms with Gasteiger partial charge in [0.25, 0.3) is 11.7 Å². The van der Waals surface area contributed by atoms with Crippen molar-refractivity contribution < 1.29 is 14.4 Å². The van der Waals surface area contributed by atoms with Gasteiger partial charge in [0, 0.05) is 6.54 Å². The molecule has 0 bridgehead atoms. The van der Waals surface area contributed by atoms with E-state index in [1.807, 2.05) is 0 Å². The molecular weight excluding hydrogens is 256 g/mol. The summed E-state index contributed by atoms with van der Waals surface area (Å²) < 4.78 is 0. The van der Waals surface area contributed by atoms with Crippen LogP contribution in [0, 0.1) is 0 Å². The van der Waals surface area contributed by atoms with E-state index in [-0.39, 0.29) is 23.0 Å². The second-order valence-electron chi connectivity index (χ2n) is 3.81. The first kappa shape index (κ1) is 12.6. The molecule has 1 aliphatic heterocycles. The number of hydrogen-bond donors (Lipinski definition) is 1. The van der Waals surface area contributed by atoms with Gasteiger partial charge in [-0.15, -0.1) is 0 Å². The van der Waals surface area contributed by atoms with E-state index >= 15 is 0 Å². The van der Waals surface area contributed by atoms with Gasteiger partial charge in [0.05, 0.1) is 16.3 Å². The van der Waals surface area contributed by atoms with Crippen LogP contribution in [-0.2, 0) is 9.59 Å². The highest BCUT2D eigenvalue weighted by Gasteiger charge is 2.38. The Bertz CT molecular complexity index is 542. The minimum Gasteiger partial charge on any atom is -0.355 e. The second kappa shape index (κ2) is 4.78. The Morgan fingerprint density at radius 1 is 1.39 bits per heavy atom. The molecule has 94 valence electrons. The first-order valence-corrected chi connectivity index (χ1v) is 5.85. The van der Waals surface area contributed by atoms with Crippen LogP contribution in [0.5, 0.6) is 0 Å². The van der Waals surface area contributed by atoms with Crippen LogP contribution in [0.1, 0.15) is 17.3 Å². The molecule has 0 radical (unpaired) electrons. The number of carbonyl (C=O) groups excluding carboxylic acids is 3. The average Bonchev–Trinajstić information content (AvgIpc) is 2.56. The Morgan fingerprint density at radius 2 is 2.11 bits per heavy atom. The summed E-state index contributed by atoms with van der Waals surface area (Å²) in [7, 11) is 0. The van der Waals surface area contributed by atoms with E-state index in [1.165, 1.54) is 6.07 Å². The number of nitrogens with zero attached hydrogens (tertiary/aromatic N) is 1. The second-order valence-corrected chi connectivity index (χ2v) is 4.22. The van der Waals surface area contributed by atoms with Gasteiger partial charge in [-0.25, -0.2) is 0 Å². The fourth-order valence-corrected chi connectivity index (χ4v) is 2.14. The van der Waals surface area contributed by atoms with Crippen molar-refractivity contribution in [1.29, 1.82) is 0 Å². The molecule has 1 aromatic carbocycles. The van der Waals surface area contributed by atoms with Crippen molar-refractivity contribution in [2.24, 2.45) is 0 Å². The lowest BCUT2D eigenvalue weighted by Crippen LogP contribution is -2.40. The molecule has 0 saturated heterocycles. The fourth-order valence-electron chi connectivity index (χ4n) is 1.86. The van der Waals surface area contributed by atoms with Crippen molar-refractivity contribution in [2.75, 3.05) is 18.0 Å². The summed E-state index contributed by atoms with van der Waals surface area (Å²) >= 11 is 5.98. The Kier molecular flexibility index (Phi) is 3.34. The number of hydrogen-bond acceptors (Lipinski definition) is 3. The minimum absolute atomic E-state index is 0.199. The third-order valence-electron chi connectivity index (χ3n) is 2.62. The number of anilines is 1. The molecule has 1 aromatic rings. The van der Waals surface area contributed by atoms with Crippen LogP contribution < -0.4 is 10.2 Å². The van der Waals surface area contributed by atoms with E-state index in [0.717, 1.165) is 4.90 Å². The largest absolute Gasteiger partial charge is 0.355 e. The number of Topliss-reactive ketones (excluding diaryl/α,β-unsaturated/α-hetero) is 1. The zero-order valence-corrected chi connectivity index (χ0v) is 10.5. The third kappa shape index (κ3) is 1.97. The van der Waals surface area contributed by atoms with E-state index in [1.54, 1.807) is 19.1 Å². The Balaban J connectivity index is 2.36. The van der Waals surface area contributed by atoms with Crippen LogP contribution >= 0.6 is 11.6 Å². The first-order chi connectivity index (χ1) is 8.56. The molecular formula is C12H11ClN2O3. The molecule has 1 heterocycles. The number of carbonyl (C=O) groups is 3. The van der Waals surface area contributed by atoms with Gasteiger partial charge >= 0.3 is 0 Å². The van der Waals surface area contributed by atoms with Crippen molar-refractivity contribution >= 4 is 34.9 Å². The molecule has 1 aliphatic rings. The lowest BCUT2D eigenvalue weighted by molar-refractivity contribution is -0.122. The van der Waals surface area contributed by atoms with Gasteiger partial charge < -0.3 is 5.32 Å². The van der Waals surface area contributed by atoms with Gasteiger partial charge in [-0.05, 0) is 19.1 Å². The molecule has 0 aliphatic carbocycles. The Morgan fingerprint density at radius 3 is 2.78 bits per heavy atom. The molecule has 0 saturated carbocycles. The van der Waals surface area contributed by atoms with Crippen LogP contribution in [-0.4, -0.2) is 30.7 Å². The number of fused-ring (bicyclic) bond motifs is 1. The summed E-state index contributed by atoms with van der Waals surface area (Å²) in [4.78, 5) is 36.1. The maximum absolute atomic E-state index is 11.8. The lowest BCUT2D eigenvalue weighted by atomic mass is 10.1. The van der Waals surface area contributed by atoms with Crippen LogP contribution in [0.25, 0.3) is 0 Å². The predicted molar refractivity (Wildman–Crippen MR) is 66.8 cm³/mol. The molecule has 0 spiro atoms. The monoisotopic (exact) mass is 266 g/mol. The SMILES string of the molecule is CCNC(=O)CN1C(=O)C(=O)c2cccc(Cl)c21. The molecule has 2 amide bonds. The summed E-state index contributed by atoms with van der Waals surface area (Å²) in [5, 5.41) is 2.86. The number of halogens is 1. The lowest BCUT2D eigenvalue weighted by Gasteiger charge is -2.16. The molecule has 5 nitrogen and oxygen atoms in total. The highest BCUT2D eigenvalue weighted by atomic mass is 35.5. The summed E-state index contributed by atoms with van der Waals surface area (Å²) in [5.41, 5.74) is 0.567. The molecule has 0 aromatic heterocycles. The van der Waals surface area contributed by atoms with Crippen LogP contribution in [0.3, 0.4) is 0 Å². The smallest absolute Gasteiger partial charge is 0.300 e. The zero-order valence-electron chi connectivity index (χ0n) is 9.70. The highest BCUT2D eigenvalue weighted by Crippen LogP contribution is 2.35. The maximum atomic E-state index is 11.8. The van der Waals surface area contributed by atoms with Gasteiger partial charge in [-0.3, -0.25) is 19.3 Å². The average molecular weight is 267 g/mol. The molecule has 6 heteroatoms. The van der Waals surface area contributed by atoms with E-state index in [9.17, 15) is 14.4 Å². The molecule has 0 unspecified atom stereocenters. The molecule has 0 fully saturated rings. The number of likely N-dealkylation sites (N-methyl/N-ethyl adjacent to an activating group) is 1. The Hall–Kier alpha value is -1.88. The van der Waals surface area contributed by atoms with Crippen molar-refractivity contribution in [2.45, 2.75) is 6.92 Å². The van der Waals surface area contributed by atoms with E-state index in [2.05, 4.69) is 5.32 Å². The van der Waals surface area contributed by atoms with Gasteiger partial charge in [0.15, 0.2) is 0 Å². The van der Waals surface area contributed by atoms with Crippen molar-refractivity contribution in [3.63, 3.8) is 0 Å². The fraction of sp³-hybridized carbons (Fsp3) is 0.250. The summed E-state index contributed by atoms with van der Waals surface area (Å²) in [5.74, 6) is -1.67. The van der Waals surface area contributed by atoms with Gasteiger partial charge in [0.1, 0.15) is 6.54 Å². The molecule has 1 N–H and O–H groups in total. The zero-order chi connectivity index (χ0) is 13.3. The highest BCUT2D eigenvalue weighted by molar-refractivity contribution is 6.54. The number of benzene rings is 1. The topological polar surface area (TPSA) is 66.5 Å². The first-order valence-electron chi connectivity index (χ1n) is 5.47. The quantitative estimate of drug-likeness (QED) is 0.830. The predicted octanol–water partition coefficient (Wildman–Crippen LogP) is 1.01. The Labute approximate surface area is 109 Å². The van der Waals surface area contributed by atoms with E-state index in [4.69, 9.17) is 11.6 Å². The van der Waals surface area contributed by atoms with Crippen molar-refractivity contribution in [3.05, 3.63) is 28.8 Å². The summed E-state index contributed by atoms with van der Waals surface area (Å²) in [6.45, 7) is 2.04. The number of rotatable bonds is 3. The molecule has 18 heavy (non-hydrogen) atoms. The minimum atomic E-state index is -0.718. The maximum Gasteiger partial charge on any atom is 0.300 e. The van der Waals surface area contributed by atoms with Gasteiger partial charge in [-0.1, -0.05) is 17.7 Å². The normalized spacial score (nSPS) is 13.8. The number of para-hydroxylation sites is 1. The van der Waals surface area contributed by atoms with Crippen LogP contribution in [0.2, 0.25) is 5.02 Å². The van der Waals surface area contributed by atoms with E-state index in [0.29, 0.717) is 12.2 Å². The van der Waals surface area contributed by atoms with Crippen LogP contribution in [0.4, 0.5) is 5.69 Å². The molecule has 2 rings (SSSR count). The number of amides is 2. The summed E-state index contributed by atoms with van der Waals surface area (Å²) in [6, 6.07) is 4.71. The number of ketones is 1. The van der Waals surface area contributed by atoms with Crippen molar-refractivity contribution in [3.8, 4) is 0 Å². The van der Waals surface area contributed by atoms with Crippen LogP contribution in [0.15, 0.2) is 18.2 Å². The van der Waals surface area contributed by atoms with Crippen molar-refractivity contribution in [1.82, 2.24) is 5.32 Å². The number of nitrogens with one attached hydrogen (secondary N) is 1.